The summed E-state index contributed by atoms with van der Waals surface area (Å²) in [6.45, 7) is 6.05. The van der Waals surface area contributed by atoms with Crippen molar-refractivity contribution < 1.29 is 14.3 Å². The maximum atomic E-state index is 12.8. The predicted octanol–water partition coefficient (Wildman–Crippen LogP) is 0.611. The van der Waals surface area contributed by atoms with Crippen LogP contribution < -0.4 is 0 Å². The molecule has 3 rings (SSSR count). The number of nitrogens with zero attached hydrogens (tertiary/aromatic N) is 4. The summed E-state index contributed by atoms with van der Waals surface area (Å²) in [5, 5.41) is 0. The Morgan fingerprint density at radius 3 is 2.77 bits per heavy atom. The van der Waals surface area contributed by atoms with Crippen molar-refractivity contribution in [3.05, 3.63) is 30.1 Å². The van der Waals surface area contributed by atoms with Gasteiger partial charge in [0.05, 0.1) is 18.2 Å². The van der Waals surface area contributed by atoms with Crippen molar-refractivity contribution in [2.45, 2.75) is 19.4 Å². The Bertz CT molecular complexity index is 602. The lowest BCUT2D eigenvalue weighted by Gasteiger charge is -2.35. The summed E-state index contributed by atoms with van der Waals surface area (Å²) in [6.07, 6.45) is 3.06. The van der Waals surface area contributed by atoms with E-state index >= 15 is 0 Å². The average molecular weight is 360 g/mol. The van der Waals surface area contributed by atoms with Crippen molar-refractivity contribution in [2.75, 3.05) is 53.0 Å². The lowest BCUT2D eigenvalue weighted by atomic mass is 10.1. The molecule has 3 heterocycles. The number of hydrogen-bond donors (Lipinski definition) is 0. The molecule has 0 saturated carbocycles. The van der Waals surface area contributed by atoms with Crippen LogP contribution in [0.2, 0.25) is 0 Å². The van der Waals surface area contributed by atoms with Gasteiger partial charge in [-0.3, -0.25) is 19.5 Å². The van der Waals surface area contributed by atoms with E-state index in [1.807, 2.05) is 23.1 Å². The van der Waals surface area contributed by atoms with Gasteiger partial charge in [-0.25, -0.2) is 0 Å². The summed E-state index contributed by atoms with van der Waals surface area (Å²) in [5.41, 5.74) is 0.860. The first-order valence-electron chi connectivity index (χ1n) is 9.35. The molecule has 2 saturated heterocycles. The van der Waals surface area contributed by atoms with Crippen molar-refractivity contribution in [1.82, 2.24) is 19.7 Å². The van der Waals surface area contributed by atoms with Gasteiger partial charge in [0, 0.05) is 65.6 Å². The zero-order chi connectivity index (χ0) is 18.4. The van der Waals surface area contributed by atoms with Crippen LogP contribution >= 0.6 is 0 Å². The van der Waals surface area contributed by atoms with Crippen molar-refractivity contribution in [1.29, 1.82) is 0 Å². The Kier molecular flexibility index (Phi) is 6.57. The maximum absolute atomic E-state index is 12.8. The van der Waals surface area contributed by atoms with E-state index in [0.29, 0.717) is 19.5 Å². The molecule has 0 spiro atoms. The Labute approximate surface area is 154 Å². The van der Waals surface area contributed by atoms with Gasteiger partial charge >= 0.3 is 0 Å². The molecular weight excluding hydrogens is 332 g/mol. The number of methoxy groups -OCH3 is 1. The summed E-state index contributed by atoms with van der Waals surface area (Å²) < 4.78 is 5.09. The van der Waals surface area contributed by atoms with E-state index in [4.69, 9.17) is 4.74 Å². The van der Waals surface area contributed by atoms with Crippen LogP contribution in [0.4, 0.5) is 0 Å². The number of aromatic nitrogens is 1. The number of carbonyl (C=O) groups is 2. The highest BCUT2D eigenvalue weighted by Crippen LogP contribution is 2.22. The molecule has 2 fully saturated rings. The summed E-state index contributed by atoms with van der Waals surface area (Å²) in [4.78, 5) is 35.4. The highest BCUT2D eigenvalue weighted by molar-refractivity contribution is 5.89. The smallest absolute Gasteiger partial charge is 0.228 e. The Morgan fingerprint density at radius 1 is 1.27 bits per heavy atom. The van der Waals surface area contributed by atoms with Crippen LogP contribution in [0.25, 0.3) is 0 Å². The molecular formula is C19H28N4O3. The SMILES string of the molecule is COCCCN1CCN(C(=O)C2CC(=O)N(Cc3ccccn3)C2)CC1. The molecule has 0 aromatic carbocycles. The van der Waals surface area contributed by atoms with Crippen molar-refractivity contribution in [3.8, 4) is 0 Å². The second-order valence-corrected chi connectivity index (χ2v) is 7.01. The van der Waals surface area contributed by atoms with E-state index in [1.165, 1.54) is 0 Å². The fourth-order valence-corrected chi connectivity index (χ4v) is 3.66. The van der Waals surface area contributed by atoms with Gasteiger partial charge in [-0.1, -0.05) is 6.07 Å². The van der Waals surface area contributed by atoms with Gasteiger partial charge in [0.25, 0.3) is 0 Å². The first-order chi connectivity index (χ1) is 12.7. The number of carbonyl (C=O) groups excluding carboxylic acids is 2. The number of ether oxygens (including phenoxy) is 1. The monoisotopic (exact) mass is 360 g/mol. The number of likely N-dealkylation sites (tertiary alicyclic amines) is 1. The van der Waals surface area contributed by atoms with E-state index in [1.54, 1.807) is 18.2 Å². The Balaban J connectivity index is 1.46. The summed E-state index contributed by atoms with van der Waals surface area (Å²) in [6, 6.07) is 5.68. The van der Waals surface area contributed by atoms with Crippen LogP contribution in [-0.4, -0.2) is 84.5 Å². The predicted molar refractivity (Wildman–Crippen MR) is 97.3 cm³/mol. The van der Waals surface area contributed by atoms with Gasteiger partial charge in [-0.2, -0.15) is 0 Å². The van der Waals surface area contributed by atoms with Crippen LogP contribution in [0.5, 0.6) is 0 Å². The van der Waals surface area contributed by atoms with Crippen molar-refractivity contribution in [2.24, 2.45) is 5.92 Å². The van der Waals surface area contributed by atoms with Crippen molar-refractivity contribution >= 4 is 11.8 Å². The van der Waals surface area contributed by atoms with E-state index in [9.17, 15) is 9.59 Å². The van der Waals surface area contributed by atoms with Crippen molar-refractivity contribution in [3.63, 3.8) is 0 Å². The molecule has 7 heteroatoms. The van der Waals surface area contributed by atoms with E-state index < -0.39 is 0 Å². The molecule has 0 radical (unpaired) electrons. The summed E-state index contributed by atoms with van der Waals surface area (Å²) >= 11 is 0. The second kappa shape index (κ2) is 9.09. The molecule has 2 amide bonds. The quantitative estimate of drug-likeness (QED) is 0.667. The average Bonchev–Trinajstić information content (AvgIpc) is 3.03. The summed E-state index contributed by atoms with van der Waals surface area (Å²) in [7, 11) is 1.72. The molecule has 1 aromatic rings. The normalized spacial score (nSPS) is 21.4. The number of pyridine rings is 1. The number of amides is 2. The zero-order valence-electron chi connectivity index (χ0n) is 15.5. The third-order valence-electron chi connectivity index (χ3n) is 5.15. The highest BCUT2D eigenvalue weighted by Gasteiger charge is 2.37. The third-order valence-corrected chi connectivity index (χ3v) is 5.15. The fourth-order valence-electron chi connectivity index (χ4n) is 3.66. The van der Waals surface area contributed by atoms with E-state index in [-0.39, 0.29) is 17.7 Å². The zero-order valence-corrected chi connectivity index (χ0v) is 15.5. The van der Waals surface area contributed by atoms with Gasteiger partial charge in [-0.05, 0) is 18.6 Å². The van der Waals surface area contributed by atoms with Gasteiger partial charge in [0.2, 0.25) is 11.8 Å². The number of piperazine rings is 1. The third kappa shape index (κ3) is 4.80. The molecule has 26 heavy (non-hydrogen) atoms. The molecule has 0 bridgehead atoms. The minimum atomic E-state index is -0.216. The largest absolute Gasteiger partial charge is 0.385 e. The van der Waals surface area contributed by atoms with Gasteiger partial charge < -0.3 is 14.5 Å². The molecule has 1 aromatic heterocycles. The van der Waals surface area contributed by atoms with Gasteiger partial charge in [-0.15, -0.1) is 0 Å². The molecule has 7 nitrogen and oxygen atoms in total. The van der Waals surface area contributed by atoms with Crippen LogP contribution in [0, 0.1) is 5.92 Å². The van der Waals surface area contributed by atoms with E-state index in [0.717, 1.165) is 51.4 Å². The molecule has 142 valence electrons. The fraction of sp³-hybridized carbons (Fsp3) is 0.632. The lowest BCUT2D eigenvalue weighted by molar-refractivity contribution is -0.137. The minimum Gasteiger partial charge on any atom is -0.385 e. The number of rotatable bonds is 7. The first-order valence-corrected chi connectivity index (χ1v) is 9.35. The van der Waals surface area contributed by atoms with E-state index in [2.05, 4.69) is 9.88 Å². The number of hydrogen-bond acceptors (Lipinski definition) is 5. The topological polar surface area (TPSA) is 66.0 Å². The standard InChI is InChI=1S/C19H28N4O3/c1-26-12-4-7-21-8-10-22(11-9-21)19(25)16-13-18(24)23(14-16)15-17-5-2-3-6-20-17/h2-3,5-6,16H,4,7-15H2,1H3. The Hall–Kier alpha value is -1.99. The Morgan fingerprint density at radius 2 is 2.08 bits per heavy atom. The van der Waals surface area contributed by atoms with Gasteiger partial charge in [0.1, 0.15) is 0 Å². The molecule has 2 aliphatic rings. The van der Waals surface area contributed by atoms with Crippen LogP contribution in [0.1, 0.15) is 18.5 Å². The first kappa shape index (κ1) is 18.8. The van der Waals surface area contributed by atoms with Gasteiger partial charge in [0.15, 0.2) is 0 Å². The molecule has 1 atom stereocenters. The molecule has 0 N–H and O–H groups in total. The molecule has 1 unspecified atom stereocenters. The van der Waals surface area contributed by atoms with Crippen LogP contribution in [0.15, 0.2) is 24.4 Å². The second-order valence-electron chi connectivity index (χ2n) is 7.01. The molecule has 2 aliphatic heterocycles. The lowest BCUT2D eigenvalue weighted by Crippen LogP contribution is -2.50. The minimum absolute atomic E-state index is 0.0483. The van der Waals surface area contributed by atoms with Crippen LogP contribution in [0.3, 0.4) is 0 Å². The highest BCUT2D eigenvalue weighted by atomic mass is 16.5. The molecule has 0 aliphatic carbocycles. The maximum Gasteiger partial charge on any atom is 0.228 e. The van der Waals surface area contributed by atoms with Crippen LogP contribution in [-0.2, 0) is 20.9 Å². The summed E-state index contributed by atoms with van der Waals surface area (Å²) in [5.74, 6) is -0.0446.